The van der Waals surface area contributed by atoms with E-state index in [0.29, 0.717) is 42.5 Å². The molecule has 0 aliphatic carbocycles. The van der Waals surface area contributed by atoms with Gasteiger partial charge in [0.15, 0.2) is 16.4 Å². The first-order chi connectivity index (χ1) is 13.7. The molecule has 1 aliphatic heterocycles. The van der Waals surface area contributed by atoms with Crippen molar-refractivity contribution in [3.63, 3.8) is 0 Å². The van der Waals surface area contributed by atoms with E-state index in [2.05, 4.69) is 0 Å². The summed E-state index contributed by atoms with van der Waals surface area (Å²) in [5.74, 6) is 0.147. The number of piperazine rings is 1. The van der Waals surface area contributed by atoms with Gasteiger partial charge in [-0.2, -0.15) is 0 Å². The molecule has 2 aromatic carbocycles. The number of benzene rings is 2. The van der Waals surface area contributed by atoms with Crippen LogP contribution in [-0.4, -0.2) is 69.1 Å². The number of carbonyl (C=O) groups is 2. The number of ether oxygens (including phenoxy) is 1. The van der Waals surface area contributed by atoms with Crippen LogP contribution in [0.25, 0.3) is 0 Å². The summed E-state index contributed by atoms with van der Waals surface area (Å²) >= 11 is 5.82. The SMILES string of the molecule is CS(=O)(=O)c1cccc(C(=O)N2CCN(C(=O)COc3ccc(Cl)cc3)CC2)c1. The molecule has 0 bridgehead atoms. The van der Waals surface area contributed by atoms with Crippen LogP contribution < -0.4 is 4.74 Å². The highest BCUT2D eigenvalue weighted by molar-refractivity contribution is 7.90. The van der Waals surface area contributed by atoms with Crippen LogP contribution >= 0.6 is 11.6 Å². The third kappa shape index (κ3) is 5.48. The van der Waals surface area contributed by atoms with Crippen LogP contribution in [-0.2, 0) is 14.6 Å². The summed E-state index contributed by atoms with van der Waals surface area (Å²) in [7, 11) is -3.39. The molecule has 154 valence electrons. The molecule has 0 radical (unpaired) electrons. The Kier molecular flexibility index (Phi) is 6.44. The topological polar surface area (TPSA) is 84.0 Å². The van der Waals surface area contributed by atoms with E-state index in [-0.39, 0.29) is 23.3 Å². The third-order valence-electron chi connectivity index (χ3n) is 4.60. The molecule has 0 N–H and O–H groups in total. The first-order valence-corrected chi connectivity index (χ1v) is 11.3. The molecule has 1 fully saturated rings. The molecular weight excluding hydrogens is 416 g/mol. The third-order valence-corrected chi connectivity index (χ3v) is 5.97. The van der Waals surface area contributed by atoms with Crippen LogP contribution in [0.4, 0.5) is 0 Å². The van der Waals surface area contributed by atoms with Crippen molar-refractivity contribution in [2.45, 2.75) is 4.90 Å². The van der Waals surface area contributed by atoms with E-state index in [0.717, 1.165) is 6.26 Å². The maximum atomic E-state index is 12.7. The van der Waals surface area contributed by atoms with Gasteiger partial charge in [-0.25, -0.2) is 8.42 Å². The van der Waals surface area contributed by atoms with E-state index in [1.54, 1.807) is 46.2 Å². The largest absolute Gasteiger partial charge is 0.484 e. The molecule has 2 aromatic rings. The Balaban J connectivity index is 1.54. The van der Waals surface area contributed by atoms with Crippen molar-refractivity contribution in [1.29, 1.82) is 0 Å². The molecule has 7 nitrogen and oxygen atoms in total. The average Bonchev–Trinajstić information content (AvgIpc) is 2.72. The van der Waals surface area contributed by atoms with Crippen LogP contribution in [0, 0.1) is 0 Å². The van der Waals surface area contributed by atoms with Gasteiger partial charge in [0.05, 0.1) is 4.90 Å². The lowest BCUT2D eigenvalue weighted by atomic mass is 10.2. The van der Waals surface area contributed by atoms with Gasteiger partial charge in [-0.05, 0) is 42.5 Å². The van der Waals surface area contributed by atoms with Crippen molar-refractivity contribution in [2.24, 2.45) is 0 Å². The van der Waals surface area contributed by atoms with E-state index in [9.17, 15) is 18.0 Å². The second-order valence-corrected chi connectivity index (χ2v) is 9.17. The molecule has 1 aliphatic rings. The fraction of sp³-hybridized carbons (Fsp3) is 0.300. The van der Waals surface area contributed by atoms with Gasteiger partial charge in [0, 0.05) is 43.0 Å². The number of carbonyl (C=O) groups excluding carboxylic acids is 2. The molecule has 0 spiro atoms. The fourth-order valence-corrected chi connectivity index (χ4v) is 3.76. The number of nitrogens with zero attached hydrogens (tertiary/aromatic N) is 2. The minimum atomic E-state index is -3.39. The van der Waals surface area contributed by atoms with Gasteiger partial charge in [0.1, 0.15) is 5.75 Å². The summed E-state index contributed by atoms with van der Waals surface area (Å²) in [5.41, 5.74) is 0.318. The van der Waals surface area contributed by atoms with E-state index in [4.69, 9.17) is 16.3 Å². The molecule has 1 heterocycles. The standard InChI is InChI=1S/C20H21ClN2O5S/c1-29(26,27)18-4-2-3-15(13-18)20(25)23-11-9-22(10-12-23)19(24)14-28-17-7-5-16(21)6-8-17/h2-8,13H,9-12,14H2,1H3. The Morgan fingerprint density at radius 1 is 1.00 bits per heavy atom. The summed E-state index contributed by atoms with van der Waals surface area (Å²) in [5, 5.41) is 0.589. The second kappa shape index (κ2) is 8.84. The Morgan fingerprint density at radius 2 is 1.62 bits per heavy atom. The lowest BCUT2D eigenvalue weighted by Gasteiger charge is -2.34. The van der Waals surface area contributed by atoms with Crippen LogP contribution in [0.3, 0.4) is 0 Å². The molecule has 9 heteroatoms. The van der Waals surface area contributed by atoms with Crippen LogP contribution in [0.5, 0.6) is 5.75 Å². The zero-order chi connectivity index (χ0) is 21.0. The zero-order valence-electron chi connectivity index (χ0n) is 15.9. The predicted molar refractivity (Wildman–Crippen MR) is 109 cm³/mol. The van der Waals surface area contributed by atoms with Gasteiger partial charge in [0.2, 0.25) is 0 Å². The van der Waals surface area contributed by atoms with Crippen LogP contribution in [0.15, 0.2) is 53.4 Å². The number of hydrogen-bond acceptors (Lipinski definition) is 5. The highest BCUT2D eigenvalue weighted by Gasteiger charge is 2.25. The molecule has 1 saturated heterocycles. The number of rotatable bonds is 5. The summed E-state index contributed by atoms with van der Waals surface area (Å²) in [6.45, 7) is 1.43. The summed E-state index contributed by atoms with van der Waals surface area (Å²) in [6, 6.07) is 12.7. The molecule has 2 amide bonds. The van der Waals surface area contributed by atoms with E-state index in [1.807, 2.05) is 0 Å². The van der Waals surface area contributed by atoms with Gasteiger partial charge >= 0.3 is 0 Å². The molecule has 0 unspecified atom stereocenters. The van der Waals surface area contributed by atoms with Crippen LogP contribution in [0.2, 0.25) is 5.02 Å². The summed E-state index contributed by atoms with van der Waals surface area (Å²) in [4.78, 5) is 28.4. The summed E-state index contributed by atoms with van der Waals surface area (Å²) < 4.78 is 28.9. The lowest BCUT2D eigenvalue weighted by molar-refractivity contribution is -0.134. The van der Waals surface area contributed by atoms with E-state index >= 15 is 0 Å². The second-order valence-electron chi connectivity index (χ2n) is 6.72. The van der Waals surface area contributed by atoms with Crippen molar-refractivity contribution in [3.8, 4) is 5.75 Å². The highest BCUT2D eigenvalue weighted by atomic mass is 35.5. The number of amides is 2. The van der Waals surface area contributed by atoms with Gasteiger partial charge < -0.3 is 14.5 Å². The van der Waals surface area contributed by atoms with Crippen molar-refractivity contribution < 1.29 is 22.7 Å². The highest BCUT2D eigenvalue weighted by Crippen LogP contribution is 2.17. The maximum Gasteiger partial charge on any atom is 0.260 e. The Bertz CT molecular complexity index is 1000. The van der Waals surface area contributed by atoms with Gasteiger partial charge in [-0.15, -0.1) is 0 Å². The average molecular weight is 437 g/mol. The fourth-order valence-electron chi connectivity index (χ4n) is 2.97. The molecule has 3 rings (SSSR count). The minimum Gasteiger partial charge on any atom is -0.484 e. The molecule has 0 saturated carbocycles. The van der Waals surface area contributed by atoms with Crippen molar-refractivity contribution in [1.82, 2.24) is 9.80 Å². The number of sulfone groups is 1. The Morgan fingerprint density at radius 3 is 2.24 bits per heavy atom. The summed E-state index contributed by atoms with van der Waals surface area (Å²) in [6.07, 6.45) is 1.10. The van der Waals surface area contributed by atoms with Crippen molar-refractivity contribution in [3.05, 3.63) is 59.1 Å². The number of hydrogen-bond donors (Lipinski definition) is 0. The molecule has 0 aromatic heterocycles. The first-order valence-electron chi connectivity index (χ1n) is 8.99. The van der Waals surface area contributed by atoms with E-state index in [1.165, 1.54) is 12.1 Å². The van der Waals surface area contributed by atoms with Gasteiger partial charge in [0.25, 0.3) is 11.8 Å². The zero-order valence-corrected chi connectivity index (χ0v) is 17.4. The van der Waals surface area contributed by atoms with Crippen molar-refractivity contribution >= 4 is 33.3 Å². The molecule has 29 heavy (non-hydrogen) atoms. The molecule has 0 atom stereocenters. The Labute approximate surface area is 174 Å². The van der Waals surface area contributed by atoms with E-state index < -0.39 is 9.84 Å². The number of halogens is 1. The van der Waals surface area contributed by atoms with Crippen LogP contribution in [0.1, 0.15) is 10.4 Å². The first kappa shape index (κ1) is 21.1. The quantitative estimate of drug-likeness (QED) is 0.716. The Hall–Kier alpha value is -2.58. The monoisotopic (exact) mass is 436 g/mol. The van der Waals surface area contributed by atoms with Gasteiger partial charge in [-0.1, -0.05) is 17.7 Å². The normalized spacial score (nSPS) is 14.6. The molecular formula is C20H21ClN2O5S. The maximum absolute atomic E-state index is 12.7. The van der Waals surface area contributed by atoms with Gasteiger partial charge in [-0.3, -0.25) is 9.59 Å². The predicted octanol–water partition coefficient (Wildman–Crippen LogP) is 2.11. The van der Waals surface area contributed by atoms with Crippen molar-refractivity contribution in [2.75, 3.05) is 39.0 Å². The lowest BCUT2D eigenvalue weighted by Crippen LogP contribution is -2.51. The smallest absolute Gasteiger partial charge is 0.260 e. The minimum absolute atomic E-state index is 0.0913.